The van der Waals surface area contributed by atoms with E-state index in [1.165, 1.54) is 4.90 Å². The molecule has 2 heterocycles. The van der Waals surface area contributed by atoms with Crippen molar-refractivity contribution in [1.29, 1.82) is 0 Å². The molecule has 1 N–H and O–H groups in total. The van der Waals surface area contributed by atoms with Crippen molar-refractivity contribution in [2.75, 3.05) is 20.7 Å². The molecule has 29 heavy (non-hydrogen) atoms. The van der Waals surface area contributed by atoms with Crippen molar-refractivity contribution < 1.29 is 23.5 Å². The molecule has 0 bridgehead atoms. The highest BCUT2D eigenvalue weighted by Crippen LogP contribution is 2.33. The van der Waals surface area contributed by atoms with Crippen LogP contribution < -0.4 is 10.1 Å². The molecule has 0 saturated carbocycles. The Balaban J connectivity index is 1.75. The van der Waals surface area contributed by atoms with Gasteiger partial charge >= 0.3 is 6.03 Å². The third-order valence-corrected chi connectivity index (χ3v) is 5.20. The Labute approximate surface area is 169 Å². The molecule has 1 aromatic heterocycles. The van der Waals surface area contributed by atoms with E-state index in [1.807, 2.05) is 19.9 Å². The number of aryl methyl sites for hydroxylation is 1. The van der Waals surface area contributed by atoms with Crippen molar-refractivity contribution in [3.05, 3.63) is 53.5 Å². The first kappa shape index (κ1) is 20.4. The summed E-state index contributed by atoms with van der Waals surface area (Å²) in [7, 11) is 3.16. The number of imide groups is 1. The molecular formula is C21H25N3O5. The van der Waals surface area contributed by atoms with E-state index in [0.29, 0.717) is 23.5 Å². The van der Waals surface area contributed by atoms with Crippen LogP contribution in [0.15, 0.2) is 40.8 Å². The Kier molecular flexibility index (Phi) is 5.63. The van der Waals surface area contributed by atoms with Crippen molar-refractivity contribution in [2.45, 2.75) is 32.4 Å². The molecule has 1 aromatic carbocycles. The van der Waals surface area contributed by atoms with Gasteiger partial charge in [-0.05, 0) is 43.2 Å². The van der Waals surface area contributed by atoms with Crippen LogP contribution in [0.2, 0.25) is 0 Å². The van der Waals surface area contributed by atoms with Gasteiger partial charge in [-0.15, -0.1) is 0 Å². The molecule has 0 aliphatic carbocycles. The van der Waals surface area contributed by atoms with E-state index in [4.69, 9.17) is 9.15 Å². The van der Waals surface area contributed by atoms with E-state index in [0.717, 1.165) is 10.7 Å². The van der Waals surface area contributed by atoms with E-state index in [1.54, 1.807) is 44.5 Å². The van der Waals surface area contributed by atoms with Crippen LogP contribution in [0.4, 0.5) is 4.79 Å². The summed E-state index contributed by atoms with van der Waals surface area (Å²) in [5.74, 6) is 1.24. The Morgan fingerprint density at radius 2 is 1.90 bits per heavy atom. The third kappa shape index (κ3) is 3.83. The molecule has 1 fully saturated rings. The molecular weight excluding hydrogens is 374 g/mol. The van der Waals surface area contributed by atoms with Crippen LogP contribution in [0.3, 0.4) is 0 Å². The van der Waals surface area contributed by atoms with E-state index < -0.39 is 17.5 Å². The molecule has 1 aliphatic rings. The number of carbonyl (C=O) groups excluding carboxylic acids is 3. The highest BCUT2D eigenvalue weighted by atomic mass is 16.5. The molecule has 0 spiro atoms. The number of likely N-dealkylation sites (N-methyl/N-ethyl adjacent to an activating group) is 1. The van der Waals surface area contributed by atoms with Gasteiger partial charge in [-0.1, -0.05) is 19.1 Å². The Morgan fingerprint density at radius 1 is 1.21 bits per heavy atom. The van der Waals surface area contributed by atoms with Crippen LogP contribution in [0.1, 0.15) is 30.4 Å². The predicted molar refractivity (Wildman–Crippen MR) is 105 cm³/mol. The quantitative estimate of drug-likeness (QED) is 0.722. The molecule has 1 aliphatic heterocycles. The van der Waals surface area contributed by atoms with Crippen LogP contribution in [-0.2, 0) is 21.7 Å². The largest absolute Gasteiger partial charge is 0.497 e. The van der Waals surface area contributed by atoms with Gasteiger partial charge < -0.3 is 19.4 Å². The molecule has 8 nitrogen and oxygen atoms in total. The summed E-state index contributed by atoms with van der Waals surface area (Å²) in [6.45, 7) is 3.56. The molecule has 8 heteroatoms. The summed E-state index contributed by atoms with van der Waals surface area (Å²) in [4.78, 5) is 40.7. The number of hydrogen-bond donors (Lipinski definition) is 1. The zero-order valence-corrected chi connectivity index (χ0v) is 17.0. The highest BCUT2D eigenvalue weighted by molar-refractivity contribution is 6.09. The lowest BCUT2D eigenvalue weighted by Crippen LogP contribution is -2.45. The lowest BCUT2D eigenvalue weighted by atomic mass is 9.87. The minimum atomic E-state index is -1.19. The van der Waals surface area contributed by atoms with Gasteiger partial charge in [-0.2, -0.15) is 0 Å². The van der Waals surface area contributed by atoms with Crippen LogP contribution >= 0.6 is 0 Å². The molecule has 4 amide bonds. The van der Waals surface area contributed by atoms with Crippen LogP contribution in [0, 0.1) is 6.92 Å². The average molecular weight is 399 g/mol. The minimum Gasteiger partial charge on any atom is -0.497 e. The van der Waals surface area contributed by atoms with Gasteiger partial charge in [0.05, 0.1) is 13.7 Å². The number of hydrogen-bond acceptors (Lipinski definition) is 5. The second kappa shape index (κ2) is 7.98. The first-order valence-electron chi connectivity index (χ1n) is 9.38. The molecule has 2 aromatic rings. The summed E-state index contributed by atoms with van der Waals surface area (Å²) in [5, 5.41) is 2.78. The number of nitrogens with zero attached hydrogens (tertiary/aromatic N) is 2. The first-order valence-corrected chi connectivity index (χ1v) is 9.38. The maximum absolute atomic E-state index is 13.2. The van der Waals surface area contributed by atoms with Crippen LogP contribution in [0.25, 0.3) is 0 Å². The second-order valence-corrected chi connectivity index (χ2v) is 7.07. The second-order valence-electron chi connectivity index (χ2n) is 7.07. The SMILES string of the molecule is CC[C@@]1(c2ccc(OC)cc2)NC(=O)N(CC(=O)N(C)Cc2ccc(C)o2)C1=O. The average Bonchev–Trinajstić information content (AvgIpc) is 3.23. The van der Waals surface area contributed by atoms with Gasteiger partial charge in [-0.25, -0.2) is 4.79 Å². The third-order valence-electron chi connectivity index (χ3n) is 5.20. The fourth-order valence-corrected chi connectivity index (χ4v) is 3.43. The van der Waals surface area contributed by atoms with Gasteiger partial charge in [0, 0.05) is 7.05 Å². The monoisotopic (exact) mass is 399 g/mol. The van der Waals surface area contributed by atoms with Gasteiger partial charge in [0.25, 0.3) is 5.91 Å². The number of rotatable bonds is 7. The van der Waals surface area contributed by atoms with Crippen LogP contribution in [-0.4, -0.2) is 48.3 Å². The van der Waals surface area contributed by atoms with Crippen molar-refractivity contribution in [1.82, 2.24) is 15.1 Å². The number of amides is 4. The zero-order valence-electron chi connectivity index (χ0n) is 17.0. The maximum atomic E-state index is 13.2. The summed E-state index contributed by atoms with van der Waals surface area (Å²) in [5.41, 5.74) is -0.547. The summed E-state index contributed by atoms with van der Waals surface area (Å²) < 4.78 is 10.6. The normalized spacial score (nSPS) is 18.7. The lowest BCUT2D eigenvalue weighted by Gasteiger charge is -2.26. The smallest absolute Gasteiger partial charge is 0.325 e. The summed E-state index contributed by atoms with van der Waals surface area (Å²) in [6, 6.07) is 9.99. The van der Waals surface area contributed by atoms with E-state index in [-0.39, 0.29) is 19.0 Å². The van der Waals surface area contributed by atoms with Gasteiger partial charge in [-0.3, -0.25) is 14.5 Å². The van der Waals surface area contributed by atoms with E-state index in [2.05, 4.69) is 5.32 Å². The topological polar surface area (TPSA) is 92.1 Å². The number of urea groups is 1. The molecule has 1 atom stereocenters. The Bertz CT molecular complexity index is 921. The van der Waals surface area contributed by atoms with Gasteiger partial charge in [0.2, 0.25) is 5.91 Å². The predicted octanol–water partition coefficient (Wildman–Crippen LogP) is 2.41. The summed E-state index contributed by atoms with van der Waals surface area (Å²) >= 11 is 0. The molecule has 0 unspecified atom stereocenters. The molecule has 3 rings (SSSR count). The van der Waals surface area contributed by atoms with E-state index >= 15 is 0 Å². The Hall–Kier alpha value is -3.29. The maximum Gasteiger partial charge on any atom is 0.325 e. The highest BCUT2D eigenvalue weighted by Gasteiger charge is 2.51. The fourth-order valence-electron chi connectivity index (χ4n) is 3.43. The number of furan rings is 1. The minimum absolute atomic E-state index is 0.258. The zero-order chi connectivity index (χ0) is 21.2. The number of carbonyl (C=O) groups is 3. The fraction of sp³-hybridized carbons (Fsp3) is 0.381. The number of nitrogens with one attached hydrogen (secondary N) is 1. The number of ether oxygens (including phenoxy) is 1. The summed E-state index contributed by atoms with van der Waals surface area (Å²) in [6.07, 6.45) is 0.357. The standard InChI is InChI=1S/C21H25N3O5/c1-5-21(15-7-10-16(28-4)11-8-15)19(26)24(20(27)22-21)13-18(25)23(3)12-17-9-6-14(2)29-17/h6-11H,5,12-13H2,1-4H3,(H,22,27)/t21-/m0/s1. The van der Waals surface area contributed by atoms with Crippen molar-refractivity contribution in [2.24, 2.45) is 0 Å². The first-order chi connectivity index (χ1) is 13.8. The Morgan fingerprint density at radius 3 is 2.45 bits per heavy atom. The van der Waals surface area contributed by atoms with Crippen molar-refractivity contribution in [3.8, 4) is 5.75 Å². The van der Waals surface area contributed by atoms with Crippen LogP contribution in [0.5, 0.6) is 5.75 Å². The van der Waals surface area contributed by atoms with Crippen molar-refractivity contribution in [3.63, 3.8) is 0 Å². The van der Waals surface area contributed by atoms with Crippen molar-refractivity contribution >= 4 is 17.8 Å². The van der Waals surface area contributed by atoms with E-state index in [9.17, 15) is 14.4 Å². The number of methoxy groups -OCH3 is 1. The molecule has 0 radical (unpaired) electrons. The number of benzene rings is 1. The van der Waals surface area contributed by atoms with Gasteiger partial charge in [0.1, 0.15) is 29.4 Å². The molecule has 154 valence electrons. The lowest BCUT2D eigenvalue weighted by molar-refractivity contribution is -0.139. The molecule has 1 saturated heterocycles. The van der Waals surface area contributed by atoms with Gasteiger partial charge in [0.15, 0.2) is 0 Å².